The fraction of sp³-hybridized carbons (Fsp3) is 0.560. The first kappa shape index (κ1) is 24.2. The van der Waals surface area contributed by atoms with Gasteiger partial charge in [-0.1, -0.05) is 25.4 Å². The van der Waals surface area contributed by atoms with E-state index in [4.69, 9.17) is 16.3 Å². The van der Waals surface area contributed by atoms with Crippen LogP contribution in [-0.2, 0) is 0 Å². The average molecular weight is 505 g/mol. The van der Waals surface area contributed by atoms with Gasteiger partial charge in [-0.3, -0.25) is 0 Å². The molecule has 1 N–H and O–H groups in total. The van der Waals surface area contributed by atoms with Crippen LogP contribution < -0.4 is 10.1 Å². The van der Waals surface area contributed by atoms with Crippen LogP contribution in [0, 0.1) is 23.0 Å². The Bertz CT molecular complexity index is 1230. The summed E-state index contributed by atoms with van der Waals surface area (Å²) in [6.45, 7) is 6.06. The SMILES string of the molecule is CC(C)[C@@H](C)Nc1c(-c2c(F)cc(OC3CC4(C3)CC(N(C)C)C4)cc2F)c(Cl)nc2ncnn12. The molecule has 1 spiro atoms. The molecular formula is C25H31ClF2N6O. The summed E-state index contributed by atoms with van der Waals surface area (Å²) in [6.07, 6.45) is 5.45. The highest BCUT2D eigenvalue weighted by Crippen LogP contribution is 2.57. The summed E-state index contributed by atoms with van der Waals surface area (Å²) in [6, 6.07) is 3.04. The Morgan fingerprint density at radius 2 is 1.77 bits per heavy atom. The third-order valence-electron chi connectivity index (χ3n) is 7.70. The zero-order valence-electron chi connectivity index (χ0n) is 20.6. The number of ether oxygens (including phenoxy) is 1. The number of nitrogens with one attached hydrogen (secondary N) is 1. The van der Waals surface area contributed by atoms with Gasteiger partial charge in [0.25, 0.3) is 5.78 Å². The third kappa shape index (κ3) is 4.33. The first-order chi connectivity index (χ1) is 16.6. The fourth-order valence-electron chi connectivity index (χ4n) is 5.23. The second-order valence-corrected chi connectivity index (χ2v) is 11.1. The zero-order valence-corrected chi connectivity index (χ0v) is 21.4. The standard InChI is InChI=1S/C25H31ClF2N6O/c1-13(2)14(3)31-23-21(22(26)32-24-29-12-30-34(23)24)20-18(27)6-16(7-19(20)28)35-17-10-25(11-17)8-15(9-25)33(4)5/h6-7,12-15,17,31H,8-11H2,1-5H3/t14-,15?,17?,25?/m1/s1. The van der Waals surface area contributed by atoms with Gasteiger partial charge in [-0.2, -0.15) is 19.6 Å². The maximum atomic E-state index is 15.4. The molecule has 3 aromatic rings. The van der Waals surface area contributed by atoms with Crippen LogP contribution in [0.3, 0.4) is 0 Å². The van der Waals surface area contributed by atoms with Crippen LogP contribution in [0.25, 0.3) is 16.9 Å². The Balaban J connectivity index is 1.42. The van der Waals surface area contributed by atoms with E-state index in [-0.39, 0.29) is 45.9 Å². The van der Waals surface area contributed by atoms with Gasteiger partial charge in [0.05, 0.1) is 17.2 Å². The van der Waals surface area contributed by atoms with E-state index in [0.29, 0.717) is 17.3 Å². The number of benzene rings is 1. The lowest BCUT2D eigenvalue weighted by Gasteiger charge is -2.58. The number of fused-ring (bicyclic) bond motifs is 1. The van der Waals surface area contributed by atoms with Crippen molar-refractivity contribution in [3.8, 4) is 16.9 Å². The second kappa shape index (κ2) is 8.85. The van der Waals surface area contributed by atoms with E-state index in [2.05, 4.69) is 39.4 Å². The quantitative estimate of drug-likeness (QED) is 0.433. The molecule has 35 heavy (non-hydrogen) atoms. The maximum Gasteiger partial charge on any atom is 0.255 e. The third-order valence-corrected chi connectivity index (χ3v) is 7.98. The minimum atomic E-state index is -0.770. The van der Waals surface area contributed by atoms with E-state index in [1.807, 2.05) is 20.8 Å². The van der Waals surface area contributed by atoms with Crippen LogP contribution in [0.15, 0.2) is 18.5 Å². The van der Waals surface area contributed by atoms with E-state index in [0.717, 1.165) is 25.7 Å². The van der Waals surface area contributed by atoms with Gasteiger partial charge >= 0.3 is 0 Å². The molecule has 1 atom stereocenters. The van der Waals surface area contributed by atoms with Crippen molar-refractivity contribution >= 4 is 23.2 Å². The highest BCUT2D eigenvalue weighted by Gasteiger charge is 2.54. The summed E-state index contributed by atoms with van der Waals surface area (Å²) in [5.74, 6) is -0.533. The van der Waals surface area contributed by atoms with Crippen molar-refractivity contribution in [3.05, 3.63) is 35.2 Å². The number of nitrogens with zero attached hydrogens (tertiary/aromatic N) is 5. The Morgan fingerprint density at radius 1 is 1.11 bits per heavy atom. The van der Waals surface area contributed by atoms with E-state index in [9.17, 15) is 0 Å². The summed E-state index contributed by atoms with van der Waals surface area (Å²) in [4.78, 5) is 10.5. The van der Waals surface area contributed by atoms with Crippen molar-refractivity contribution in [1.82, 2.24) is 24.5 Å². The summed E-state index contributed by atoms with van der Waals surface area (Å²) < 4.78 is 38.2. The van der Waals surface area contributed by atoms with Gasteiger partial charge in [0.1, 0.15) is 34.7 Å². The molecule has 2 aliphatic rings. The molecule has 5 rings (SSSR count). The molecule has 7 nitrogen and oxygen atoms in total. The van der Waals surface area contributed by atoms with Crippen molar-refractivity contribution in [3.63, 3.8) is 0 Å². The molecule has 0 amide bonds. The molecule has 2 aliphatic carbocycles. The monoisotopic (exact) mass is 504 g/mol. The molecule has 2 heterocycles. The largest absolute Gasteiger partial charge is 0.490 e. The minimum Gasteiger partial charge on any atom is -0.490 e. The smallest absolute Gasteiger partial charge is 0.255 e. The molecule has 10 heteroatoms. The Labute approximate surface area is 208 Å². The van der Waals surface area contributed by atoms with E-state index in [1.165, 1.54) is 23.0 Å². The van der Waals surface area contributed by atoms with Gasteiger partial charge in [0.15, 0.2) is 0 Å². The summed E-state index contributed by atoms with van der Waals surface area (Å²) in [5.41, 5.74) is 0.158. The van der Waals surface area contributed by atoms with Crippen LogP contribution in [0.5, 0.6) is 5.75 Å². The van der Waals surface area contributed by atoms with E-state index >= 15 is 8.78 Å². The van der Waals surface area contributed by atoms with Gasteiger partial charge in [0, 0.05) is 24.2 Å². The van der Waals surface area contributed by atoms with Crippen LogP contribution in [-0.4, -0.2) is 56.8 Å². The lowest BCUT2D eigenvalue weighted by atomic mass is 9.52. The molecular weight excluding hydrogens is 474 g/mol. The lowest BCUT2D eigenvalue weighted by molar-refractivity contribution is -0.105. The topological polar surface area (TPSA) is 67.6 Å². The number of halogens is 3. The summed E-state index contributed by atoms with van der Waals surface area (Å²) >= 11 is 6.45. The van der Waals surface area contributed by atoms with Crippen molar-refractivity contribution in [2.45, 2.75) is 64.6 Å². The number of aromatic nitrogens is 4. The van der Waals surface area contributed by atoms with E-state index in [1.54, 1.807) is 0 Å². The molecule has 1 aromatic carbocycles. The van der Waals surface area contributed by atoms with Crippen LogP contribution >= 0.6 is 11.6 Å². The van der Waals surface area contributed by atoms with Gasteiger partial charge in [-0.05, 0) is 58.0 Å². The summed E-state index contributed by atoms with van der Waals surface area (Å²) in [7, 11) is 4.20. The van der Waals surface area contributed by atoms with Crippen molar-refractivity contribution in [2.75, 3.05) is 19.4 Å². The molecule has 0 radical (unpaired) electrons. The van der Waals surface area contributed by atoms with Crippen molar-refractivity contribution in [2.24, 2.45) is 11.3 Å². The van der Waals surface area contributed by atoms with Crippen LogP contribution in [0.2, 0.25) is 5.15 Å². The van der Waals surface area contributed by atoms with Gasteiger partial charge in [-0.15, -0.1) is 0 Å². The van der Waals surface area contributed by atoms with Crippen molar-refractivity contribution in [1.29, 1.82) is 0 Å². The first-order valence-corrected chi connectivity index (χ1v) is 12.4. The molecule has 0 aliphatic heterocycles. The second-order valence-electron chi connectivity index (χ2n) is 10.7. The molecule has 2 saturated carbocycles. The Morgan fingerprint density at radius 3 is 2.37 bits per heavy atom. The maximum absolute atomic E-state index is 15.4. The molecule has 0 saturated heterocycles. The van der Waals surface area contributed by atoms with Gasteiger partial charge < -0.3 is 15.0 Å². The molecule has 0 unspecified atom stereocenters. The first-order valence-electron chi connectivity index (χ1n) is 12.0. The molecule has 2 fully saturated rings. The highest BCUT2D eigenvalue weighted by molar-refractivity contribution is 6.33. The predicted molar refractivity (Wildman–Crippen MR) is 132 cm³/mol. The Kier molecular flexibility index (Phi) is 6.12. The number of rotatable bonds is 7. The normalized spacial score (nSPS) is 24.6. The highest BCUT2D eigenvalue weighted by atomic mass is 35.5. The van der Waals surface area contributed by atoms with Crippen molar-refractivity contribution < 1.29 is 13.5 Å². The fourth-order valence-corrected chi connectivity index (χ4v) is 5.49. The van der Waals surface area contributed by atoms with Gasteiger partial charge in [0.2, 0.25) is 0 Å². The Hall–Kier alpha value is -2.52. The number of hydrogen-bond donors (Lipinski definition) is 1. The van der Waals surface area contributed by atoms with Crippen LogP contribution in [0.1, 0.15) is 46.5 Å². The average Bonchev–Trinajstić information content (AvgIpc) is 3.17. The number of hydrogen-bond acceptors (Lipinski definition) is 6. The summed E-state index contributed by atoms with van der Waals surface area (Å²) in [5, 5.41) is 7.43. The molecule has 0 bridgehead atoms. The number of anilines is 1. The predicted octanol–water partition coefficient (Wildman–Crippen LogP) is 5.43. The zero-order chi connectivity index (χ0) is 25.1. The van der Waals surface area contributed by atoms with Gasteiger partial charge in [-0.25, -0.2) is 8.78 Å². The van der Waals surface area contributed by atoms with E-state index < -0.39 is 11.6 Å². The molecule has 188 valence electrons. The minimum absolute atomic E-state index is 0.0244. The van der Waals surface area contributed by atoms with Crippen LogP contribution in [0.4, 0.5) is 14.6 Å². The lowest BCUT2D eigenvalue weighted by Crippen LogP contribution is -2.57. The molecule has 2 aromatic heterocycles.